The standard InChI is InChI=1S/C16H14N4O2S2/c21-13(11-7-3-1-4-8-11)17-15(23)19-20-16(24)18-14(22)12-9-5-2-6-10-12/h1-10H,(H2,17,19,21,23)(H2,18,20,22,24). The van der Waals surface area contributed by atoms with Crippen molar-refractivity contribution < 1.29 is 9.59 Å². The SMILES string of the molecule is O=C(NC(=S)NNC(=S)NC(=O)c1ccccc1)c1ccccc1. The zero-order chi connectivity index (χ0) is 17.4. The van der Waals surface area contributed by atoms with Crippen LogP contribution in [0.4, 0.5) is 0 Å². The molecule has 4 N–H and O–H groups in total. The number of nitrogens with one attached hydrogen (secondary N) is 4. The average Bonchev–Trinajstić information content (AvgIpc) is 2.61. The molecular weight excluding hydrogens is 344 g/mol. The number of rotatable bonds is 2. The third-order valence-corrected chi connectivity index (χ3v) is 3.22. The minimum atomic E-state index is -0.353. The first kappa shape index (κ1) is 17.5. The summed E-state index contributed by atoms with van der Waals surface area (Å²) >= 11 is 9.96. The molecule has 8 heteroatoms. The van der Waals surface area contributed by atoms with E-state index in [0.29, 0.717) is 11.1 Å². The maximum absolute atomic E-state index is 11.9. The molecule has 2 amide bonds. The smallest absolute Gasteiger partial charge is 0.257 e. The van der Waals surface area contributed by atoms with Crippen molar-refractivity contribution in [2.45, 2.75) is 0 Å². The number of carbonyl (C=O) groups is 2. The van der Waals surface area contributed by atoms with Crippen LogP contribution in [-0.4, -0.2) is 22.0 Å². The Bertz CT molecular complexity index is 686. The highest BCUT2D eigenvalue weighted by molar-refractivity contribution is 7.80. The number of hydrogen-bond acceptors (Lipinski definition) is 4. The van der Waals surface area contributed by atoms with Crippen molar-refractivity contribution in [3.63, 3.8) is 0 Å². The summed E-state index contributed by atoms with van der Waals surface area (Å²) in [5, 5.41) is 5.02. The van der Waals surface area contributed by atoms with E-state index in [1.54, 1.807) is 48.5 Å². The summed E-state index contributed by atoms with van der Waals surface area (Å²) in [5.41, 5.74) is 6.01. The predicted molar refractivity (Wildman–Crippen MR) is 99.3 cm³/mol. The Morgan fingerprint density at radius 1 is 0.625 bits per heavy atom. The molecule has 0 spiro atoms. The quantitative estimate of drug-likeness (QED) is 0.481. The van der Waals surface area contributed by atoms with Gasteiger partial charge in [-0.05, 0) is 48.7 Å². The first-order chi connectivity index (χ1) is 11.6. The third kappa shape index (κ3) is 5.41. The summed E-state index contributed by atoms with van der Waals surface area (Å²) in [4.78, 5) is 23.8. The van der Waals surface area contributed by atoms with E-state index < -0.39 is 0 Å². The van der Waals surface area contributed by atoms with Crippen molar-refractivity contribution in [3.8, 4) is 0 Å². The fourth-order valence-electron chi connectivity index (χ4n) is 1.71. The van der Waals surface area contributed by atoms with Gasteiger partial charge < -0.3 is 0 Å². The molecule has 0 heterocycles. The number of hydrogen-bond donors (Lipinski definition) is 4. The van der Waals surface area contributed by atoms with Crippen LogP contribution in [0.1, 0.15) is 20.7 Å². The topological polar surface area (TPSA) is 82.3 Å². The molecule has 0 aromatic heterocycles. The molecule has 0 saturated carbocycles. The first-order valence-electron chi connectivity index (χ1n) is 6.89. The van der Waals surface area contributed by atoms with Crippen molar-refractivity contribution in [3.05, 3.63) is 71.8 Å². The highest BCUT2D eigenvalue weighted by atomic mass is 32.1. The van der Waals surface area contributed by atoms with Gasteiger partial charge in [0.15, 0.2) is 10.2 Å². The van der Waals surface area contributed by atoms with Crippen LogP contribution in [0.25, 0.3) is 0 Å². The fourth-order valence-corrected chi connectivity index (χ4v) is 1.99. The van der Waals surface area contributed by atoms with Crippen LogP contribution in [0.5, 0.6) is 0 Å². The average molecular weight is 358 g/mol. The van der Waals surface area contributed by atoms with Crippen LogP contribution in [0.3, 0.4) is 0 Å². The lowest BCUT2D eigenvalue weighted by molar-refractivity contribution is 0.0966. The monoisotopic (exact) mass is 358 g/mol. The van der Waals surface area contributed by atoms with Crippen LogP contribution in [0, 0.1) is 0 Å². The van der Waals surface area contributed by atoms with Crippen LogP contribution in [0.2, 0.25) is 0 Å². The molecule has 2 rings (SSSR count). The molecule has 0 saturated heterocycles. The molecule has 0 unspecified atom stereocenters. The second kappa shape index (κ2) is 8.70. The van der Waals surface area contributed by atoms with Gasteiger partial charge in [-0.25, -0.2) is 0 Å². The van der Waals surface area contributed by atoms with Crippen LogP contribution < -0.4 is 21.5 Å². The van der Waals surface area contributed by atoms with Gasteiger partial charge >= 0.3 is 0 Å². The number of thiocarbonyl (C=S) groups is 2. The van der Waals surface area contributed by atoms with Crippen molar-refractivity contribution in [2.24, 2.45) is 0 Å². The largest absolute Gasteiger partial charge is 0.298 e. The Kier molecular flexibility index (Phi) is 6.35. The lowest BCUT2D eigenvalue weighted by Gasteiger charge is -2.13. The summed E-state index contributed by atoms with van der Waals surface area (Å²) < 4.78 is 0. The number of hydrazine groups is 1. The van der Waals surface area contributed by atoms with Gasteiger partial charge in [0.1, 0.15) is 0 Å². The Morgan fingerprint density at radius 2 is 0.958 bits per heavy atom. The number of amides is 2. The van der Waals surface area contributed by atoms with Crippen molar-refractivity contribution in [1.29, 1.82) is 0 Å². The molecule has 0 radical (unpaired) electrons. The van der Waals surface area contributed by atoms with E-state index in [-0.39, 0.29) is 22.0 Å². The summed E-state index contributed by atoms with van der Waals surface area (Å²) in [6.45, 7) is 0. The van der Waals surface area contributed by atoms with Gasteiger partial charge in [0.2, 0.25) is 0 Å². The first-order valence-corrected chi connectivity index (χ1v) is 7.70. The van der Waals surface area contributed by atoms with Crippen molar-refractivity contribution in [1.82, 2.24) is 21.5 Å². The molecule has 0 aliphatic rings. The van der Waals surface area contributed by atoms with E-state index >= 15 is 0 Å². The van der Waals surface area contributed by atoms with E-state index in [2.05, 4.69) is 21.5 Å². The summed E-state index contributed by atoms with van der Waals surface area (Å²) in [7, 11) is 0. The predicted octanol–water partition coefficient (Wildman–Crippen LogP) is 1.51. The van der Waals surface area contributed by atoms with E-state index in [9.17, 15) is 9.59 Å². The Morgan fingerprint density at radius 3 is 1.29 bits per heavy atom. The van der Waals surface area contributed by atoms with Crippen molar-refractivity contribution in [2.75, 3.05) is 0 Å². The zero-order valence-corrected chi connectivity index (χ0v) is 14.0. The minimum absolute atomic E-state index is 0.0279. The zero-order valence-electron chi connectivity index (χ0n) is 12.4. The second-order valence-electron chi connectivity index (χ2n) is 4.55. The summed E-state index contributed by atoms with van der Waals surface area (Å²) in [5.74, 6) is -0.705. The van der Waals surface area contributed by atoms with Crippen LogP contribution in [-0.2, 0) is 0 Å². The van der Waals surface area contributed by atoms with Crippen molar-refractivity contribution >= 4 is 46.5 Å². The molecule has 0 fully saturated rings. The lowest BCUT2D eigenvalue weighted by Crippen LogP contribution is -2.52. The maximum atomic E-state index is 11.9. The normalized spacial score (nSPS) is 9.50. The molecule has 0 atom stereocenters. The van der Waals surface area contributed by atoms with Gasteiger partial charge in [-0.2, -0.15) is 0 Å². The van der Waals surface area contributed by atoms with Crippen LogP contribution in [0.15, 0.2) is 60.7 Å². The molecule has 2 aromatic rings. The minimum Gasteiger partial charge on any atom is -0.298 e. The van der Waals surface area contributed by atoms with Gasteiger partial charge in [-0.3, -0.25) is 31.1 Å². The molecule has 2 aromatic carbocycles. The Labute approximate surface area is 149 Å². The van der Waals surface area contributed by atoms with Crippen LogP contribution >= 0.6 is 24.4 Å². The highest BCUT2D eigenvalue weighted by Gasteiger charge is 2.09. The van der Waals surface area contributed by atoms with E-state index in [1.807, 2.05) is 12.1 Å². The van der Waals surface area contributed by atoms with Gasteiger partial charge in [0, 0.05) is 11.1 Å². The molecule has 0 aliphatic carbocycles. The molecule has 0 bridgehead atoms. The van der Waals surface area contributed by atoms with Gasteiger partial charge in [0.05, 0.1) is 0 Å². The second-order valence-corrected chi connectivity index (χ2v) is 5.37. The molecular formula is C16H14N4O2S2. The lowest BCUT2D eigenvalue weighted by atomic mass is 10.2. The van der Waals surface area contributed by atoms with E-state index in [0.717, 1.165) is 0 Å². The molecule has 24 heavy (non-hydrogen) atoms. The third-order valence-electron chi connectivity index (χ3n) is 2.82. The van der Waals surface area contributed by atoms with Gasteiger partial charge in [-0.15, -0.1) is 0 Å². The Balaban J connectivity index is 1.76. The maximum Gasteiger partial charge on any atom is 0.257 e. The molecule has 0 aliphatic heterocycles. The molecule has 6 nitrogen and oxygen atoms in total. The van der Waals surface area contributed by atoms with Gasteiger partial charge in [-0.1, -0.05) is 36.4 Å². The summed E-state index contributed by atoms with van der Waals surface area (Å²) in [6, 6.07) is 17.3. The highest BCUT2D eigenvalue weighted by Crippen LogP contribution is 1.98. The fraction of sp³-hybridized carbons (Fsp3) is 0. The number of benzene rings is 2. The van der Waals surface area contributed by atoms with E-state index in [1.165, 1.54) is 0 Å². The Hall–Kier alpha value is -2.84. The van der Waals surface area contributed by atoms with Gasteiger partial charge in [0.25, 0.3) is 11.8 Å². The molecule has 122 valence electrons. The van der Waals surface area contributed by atoms with E-state index in [4.69, 9.17) is 24.4 Å². The number of carbonyl (C=O) groups excluding carboxylic acids is 2. The summed E-state index contributed by atoms with van der Waals surface area (Å²) in [6.07, 6.45) is 0.